The first kappa shape index (κ1) is 20.7. The molecule has 8 heteroatoms. The number of nitrogens with one attached hydrogen (secondary N) is 1. The summed E-state index contributed by atoms with van der Waals surface area (Å²) in [4.78, 5) is 42.3. The summed E-state index contributed by atoms with van der Waals surface area (Å²) in [6.45, 7) is 2.36. The van der Waals surface area contributed by atoms with E-state index >= 15 is 0 Å². The zero-order chi connectivity index (χ0) is 22.0. The number of carbonyl (C=O) groups excluding carboxylic acids is 1. The Morgan fingerprint density at radius 1 is 1.23 bits per heavy atom. The number of benzene rings is 1. The Labute approximate surface area is 179 Å². The van der Waals surface area contributed by atoms with Crippen LogP contribution in [0.2, 0.25) is 0 Å². The normalized spacial score (nSPS) is 12.7. The molecule has 0 saturated carbocycles. The third kappa shape index (κ3) is 4.05. The molecule has 1 aliphatic rings. The molecule has 31 heavy (non-hydrogen) atoms. The predicted octanol–water partition coefficient (Wildman–Crippen LogP) is 2.85. The van der Waals surface area contributed by atoms with Gasteiger partial charge in [0.2, 0.25) is 0 Å². The number of nitrogen functional groups attached to an aromatic ring is 1. The minimum absolute atomic E-state index is 0.0161. The smallest absolute Gasteiger partial charge is 0.330 e. The summed E-state index contributed by atoms with van der Waals surface area (Å²) in [5.41, 5.74) is 7.83. The van der Waals surface area contributed by atoms with Gasteiger partial charge in [0, 0.05) is 12.1 Å². The molecule has 0 saturated heterocycles. The van der Waals surface area contributed by atoms with Crippen molar-refractivity contribution in [3.8, 4) is 0 Å². The highest BCUT2D eigenvalue weighted by Gasteiger charge is 2.27. The van der Waals surface area contributed by atoms with E-state index in [-0.39, 0.29) is 24.0 Å². The third-order valence-electron chi connectivity index (χ3n) is 5.70. The number of hydrogen-bond donors (Lipinski definition) is 2. The standard InChI is InChI=1S/C23H26N4O4/c1-2-3-11-26-20(24)19(21(28)25-23(26)30)27(14-18-8-5-12-31-18)22(29)17-10-9-15-6-4-7-16(15)13-17/h5,8-10,12-13H,2-4,6-7,11,14,24H2,1H3,(H,25,28,30). The summed E-state index contributed by atoms with van der Waals surface area (Å²) in [6.07, 6.45) is 6.08. The molecule has 0 spiro atoms. The first-order valence-electron chi connectivity index (χ1n) is 10.6. The van der Waals surface area contributed by atoms with Gasteiger partial charge in [-0.1, -0.05) is 19.4 Å². The zero-order valence-corrected chi connectivity index (χ0v) is 17.5. The number of H-pyrrole nitrogens is 1. The minimum Gasteiger partial charge on any atom is -0.467 e. The van der Waals surface area contributed by atoms with Gasteiger partial charge in [0.1, 0.15) is 11.6 Å². The first-order valence-corrected chi connectivity index (χ1v) is 10.6. The monoisotopic (exact) mass is 422 g/mol. The fraction of sp³-hybridized carbons (Fsp3) is 0.348. The lowest BCUT2D eigenvalue weighted by atomic mass is 10.1. The number of aromatic amines is 1. The number of carbonyl (C=O) groups is 1. The molecule has 0 bridgehead atoms. The van der Waals surface area contributed by atoms with Gasteiger partial charge in [0.25, 0.3) is 11.5 Å². The first-order chi connectivity index (χ1) is 15.0. The van der Waals surface area contributed by atoms with Crippen molar-refractivity contribution in [3.63, 3.8) is 0 Å². The number of furan rings is 1. The number of aromatic nitrogens is 2. The van der Waals surface area contributed by atoms with Gasteiger partial charge in [0.15, 0.2) is 5.69 Å². The number of anilines is 2. The third-order valence-corrected chi connectivity index (χ3v) is 5.70. The van der Waals surface area contributed by atoms with Crippen molar-refractivity contribution < 1.29 is 9.21 Å². The molecule has 2 heterocycles. The molecular formula is C23H26N4O4. The lowest BCUT2D eigenvalue weighted by molar-refractivity contribution is 0.0982. The summed E-state index contributed by atoms with van der Waals surface area (Å²) in [5, 5.41) is 0. The van der Waals surface area contributed by atoms with Crippen LogP contribution < -0.4 is 21.9 Å². The Hall–Kier alpha value is -3.55. The molecule has 3 aromatic rings. The van der Waals surface area contributed by atoms with Crippen LogP contribution in [0.25, 0.3) is 0 Å². The van der Waals surface area contributed by atoms with E-state index in [2.05, 4.69) is 4.98 Å². The number of hydrogen-bond acceptors (Lipinski definition) is 5. The Morgan fingerprint density at radius 2 is 2.03 bits per heavy atom. The lowest BCUT2D eigenvalue weighted by Gasteiger charge is -2.24. The highest BCUT2D eigenvalue weighted by atomic mass is 16.3. The maximum absolute atomic E-state index is 13.6. The second-order valence-electron chi connectivity index (χ2n) is 7.81. The van der Waals surface area contributed by atoms with Crippen LogP contribution in [-0.2, 0) is 25.9 Å². The van der Waals surface area contributed by atoms with Crippen LogP contribution in [0.15, 0.2) is 50.6 Å². The Kier molecular flexibility index (Phi) is 5.79. The van der Waals surface area contributed by atoms with Crippen molar-refractivity contribution in [2.24, 2.45) is 0 Å². The van der Waals surface area contributed by atoms with Crippen LogP contribution in [0, 0.1) is 0 Å². The summed E-state index contributed by atoms with van der Waals surface area (Å²) in [6, 6.07) is 9.07. The molecule has 0 atom stereocenters. The largest absolute Gasteiger partial charge is 0.467 e. The molecule has 0 aliphatic heterocycles. The van der Waals surface area contributed by atoms with Crippen molar-refractivity contribution in [1.82, 2.24) is 9.55 Å². The van der Waals surface area contributed by atoms with Gasteiger partial charge < -0.3 is 10.2 Å². The number of nitrogens with two attached hydrogens (primary N) is 1. The van der Waals surface area contributed by atoms with Crippen LogP contribution in [0.1, 0.15) is 53.4 Å². The molecule has 2 aromatic heterocycles. The molecule has 162 valence electrons. The van der Waals surface area contributed by atoms with Crippen molar-refractivity contribution in [3.05, 3.63) is 79.9 Å². The molecule has 0 unspecified atom stereocenters. The van der Waals surface area contributed by atoms with Gasteiger partial charge in [0.05, 0.1) is 12.8 Å². The number of fused-ring (bicyclic) bond motifs is 1. The predicted molar refractivity (Wildman–Crippen MR) is 118 cm³/mol. The highest BCUT2D eigenvalue weighted by Crippen LogP contribution is 2.26. The van der Waals surface area contributed by atoms with Gasteiger partial charge in [-0.25, -0.2) is 4.79 Å². The fourth-order valence-corrected chi connectivity index (χ4v) is 4.05. The van der Waals surface area contributed by atoms with Gasteiger partial charge in [-0.05, 0) is 61.1 Å². The fourth-order valence-electron chi connectivity index (χ4n) is 4.05. The van der Waals surface area contributed by atoms with Gasteiger partial charge >= 0.3 is 5.69 Å². The van der Waals surface area contributed by atoms with E-state index < -0.39 is 11.2 Å². The quantitative estimate of drug-likeness (QED) is 0.608. The van der Waals surface area contributed by atoms with E-state index in [0.29, 0.717) is 24.3 Å². The average molecular weight is 422 g/mol. The molecule has 0 fully saturated rings. The van der Waals surface area contributed by atoms with E-state index in [9.17, 15) is 14.4 Å². The van der Waals surface area contributed by atoms with Crippen LogP contribution >= 0.6 is 0 Å². The molecule has 1 aromatic carbocycles. The van der Waals surface area contributed by atoms with Crippen LogP contribution in [0.5, 0.6) is 0 Å². The number of nitrogens with zero attached hydrogens (tertiary/aromatic N) is 2. The molecular weight excluding hydrogens is 396 g/mol. The molecule has 8 nitrogen and oxygen atoms in total. The van der Waals surface area contributed by atoms with Crippen molar-refractivity contribution in [1.29, 1.82) is 0 Å². The summed E-state index contributed by atoms with van der Waals surface area (Å²) < 4.78 is 6.74. The SMILES string of the molecule is CCCCn1c(N)c(N(Cc2ccco2)C(=O)c2ccc3c(c2)CCC3)c(=O)[nH]c1=O. The highest BCUT2D eigenvalue weighted by molar-refractivity contribution is 6.07. The van der Waals surface area contributed by atoms with Crippen molar-refractivity contribution >= 4 is 17.4 Å². The molecule has 4 rings (SSSR count). The number of unbranched alkanes of at least 4 members (excludes halogenated alkanes) is 1. The number of rotatable bonds is 7. The van der Waals surface area contributed by atoms with E-state index in [1.807, 2.05) is 19.1 Å². The maximum Gasteiger partial charge on any atom is 0.330 e. The average Bonchev–Trinajstić information content (AvgIpc) is 3.43. The van der Waals surface area contributed by atoms with Crippen LogP contribution in [0.4, 0.5) is 11.5 Å². The second-order valence-corrected chi connectivity index (χ2v) is 7.81. The van der Waals surface area contributed by atoms with E-state index in [0.717, 1.165) is 31.2 Å². The number of aryl methyl sites for hydroxylation is 2. The maximum atomic E-state index is 13.6. The Bertz CT molecular complexity index is 1210. The van der Waals surface area contributed by atoms with Crippen LogP contribution in [-0.4, -0.2) is 15.5 Å². The lowest BCUT2D eigenvalue weighted by Crippen LogP contribution is -2.41. The Morgan fingerprint density at radius 3 is 2.77 bits per heavy atom. The van der Waals surface area contributed by atoms with Crippen molar-refractivity contribution in [2.45, 2.75) is 52.1 Å². The van der Waals surface area contributed by atoms with Crippen LogP contribution in [0.3, 0.4) is 0 Å². The van der Waals surface area contributed by atoms with Gasteiger partial charge in [-0.3, -0.25) is 24.0 Å². The molecule has 1 aliphatic carbocycles. The van der Waals surface area contributed by atoms with Gasteiger partial charge in [-0.15, -0.1) is 0 Å². The number of amides is 1. The zero-order valence-electron chi connectivity index (χ0n) is 17.5. The van der Waals surface area contributed by atoms with E-state index in [1.54, 1.807) is 18.2 Å². The molecule has 1 amide bonds. The minimum atomic E-state index is -0.698. The molecule has 3 N–H and O–H groups in total. The topological polar surface area (TPSA) is 114 Å². The summed E-state index contributed by atoms with van der Waals surface area (Å²) >= 11 is 0. The van der Waals surface area contributed by atoms with E-state index in [1.165, 1.54) is 21.3 Å². The van der Waals surface area contributed by atoms with Gasteiger partial charge in [-0.2, -0.15) is 0 Å². The van der Waals surface area contributed by atoms with Crippen molar-refractivity contribution in [2.75, 3.05) is 10.6 Å². The summed E-state index contributed by atoms with van der Waals surface area (Å²) in [5.74, 6) is 0.104. The Balaban J connectivity index is 1.81. The summed E-state index contributed by atoms with van der Waals surface area (Å²) in [7, 11) is 0. The van der Waals surface area contributed by atoms with E-state index in [4.69, 9.17) is 10.2 Å². The second kappa shape index (κ2) is 8.67. The molecule has 0 radical (unpaired) electrons.